The maximum absolute atomic E-state index is 8.52. The van der Waals surface area contributed by atoms with E-state index in [-0.39, 0.29) is 58.2 Å². The Morgan fingerprint density at radius 2 is 1.00 bits per heavy atom. The van der Waals surface area contributed by atoms with E-state index < -0.39 is 14.8 Å². The number of hydrogen-bond donors (Lipinski definition) is 0. The molecule has 26 valence electrons. The van der Waals surface area contributed by atoms with Crippen molar-refractivity contribution in [3.63, 3.8) is 0 Å². The first-order valence-corrected chi connectivity index (χ1v) is 2.41. The second-order valence-electron chi connectivity index (χ2n) is 0.189. The molecule has 0 aromatic heterocycles. The quantitative estimate of drug-likeness (QED) is 0.402. The molecule has 0 saturated heterocycles. The smallest absolute Gasteiger partial charge is 0.405 e. The van der Waals surface area contributed by atoms with Gasteiger partial charge in [-0.05, 0) is 0 Å². The first-order chi connectivity index (χ1) is 1.73. The van der Waals surface area contributed by atoms with Crippen molar-refractivity contribution < 1.29 is 85.6 Å². The normalized spacial score (nSPS) is 7.20. The minimum absolute atomic E-state index is 0. The van der Waals surface area contributed by atoms with Crippen LogP contribution in [0.5, 0.6) is 0 Å². The minimum Gasteiger partial charge on any atom is -0.405 e. The first-order valence-electron chi connectivity index (χ1n) is 0.463. The van der Waals surface area contributed by atoms with Crippen molar-refractivity contribution in [1.82, 2.24) is 0 Å². The molecular formula is BrO3Rb. The van der Waals surface area contributed by atoms with E-state index in [1.54, 1.807) is 0 Å². The van der Waals surface area contributed by atoms with E-state index in [2.05, 4.69) is 0 Å². The van der Waals surface area contributed by atoms with E-state index in [0.717, 1.165) is 0 Å². The van der Waals surface area contributed by atoms with Crippen molar-refractivity contribution >= 4 is 0 Å². The third-order valence-corrected chi connectivity index (χ3v) is 0. The predicted octanol–water partition coefficient (Wildman–Crippen LogP) is -6.56. The molecule has 0 aromatic carbocycles. The summed E-state index contributed by atoms with van der Waals surface area (Å²) in [6.07, 6.45) is 0. The maximum Gasteiger partial charge on any atom is 1.00 e. The topological polar surface area (TPSA) is 69.2 Å². The largest absolute Gasteiger partial charge is 1.00 e. The van der Waals surface area contributed by atoms with Gasteiger partial charge in [-0.2, -0.15) is 0 Å². The molecule has 0 aliphatic rings. The molecule has 0 fully saturated rings. The average Bonchev–Trinajstić information content (AvgIpc) is 0.811. The Kier molecular flexibility index (Phi) is 12.6. The van der Waals surface area contributed by atoms with Crippen LogP contribution in [0.4, 0.5) is 0 Å². The van der Waals surface area contributed by atoms with Crippen LogP contribution in [0.1, 0.15) is 0 Å². The van der Waals surface area contributed by atoms with E-state index in [0.29, 0.717) is 0 Å². The summed E-state index contributed by atoms with van der Waals surface area (Å²) in [6.45, 7) is 0. The molecule has 5 heavy (non-hydrogen) atoms. The Hall–Kier alpha value is 2.17. The molecule has 0 unspecified atom stereocenters. The fraction of sp³-hybridized carbons (Fsp3) is 0. The molecule has 0 bridgehead atoms. The van der Waals surface area contributed by atoms with E-state index in [1.807, 2.05) is 0 Å². The Balaban J connectivity index is 0. The Morgan fingerprint density at radius 3 is 1.00 bits per heavy atom. The van der Waals surface area contributed by atoms with Gasteiger partial charge in [0, 0.05) is 0 Å². The van der Waals surface area contributed by atoms with Crippen LogP contribution in [0.25, 0.3) is 0 Å². The van der Waals surface area contributed by atoms with E-state index in [4.69, 9.17) is 12.6 Å². The van der Waals surface area contributed by atoms with Crippen molar-refractivity contribution in [2.24, 2.45) is 0 Å². The van der Waals surface area contributed by atoms with Gasteiger partial charge in [0.15, 0.2) is 0 Å². The van der Waals surface area contributed by atoms with Gasteiger partial charge in [0.05, 0.1) is 0 Å². The molecule has 0 aliphatic heterocycles. The monoisotopic (exact) mass is 212 g/mol. The summed E-state index contributed by atoms with van der Waals surface area (Å²) in [4.78, 5) is 0. The third kappa shape index (κ3) is 22.8. The van der Waals surface area contributed by atoms with Crippen molar-refractivity contribution in [2.45, 2.75) is 0 Å². The van der Waals surface area contributed by atoms with Crippen molar-refractivity contribution in [3.8, 4) is 0 Å². The predicted molar refractivity (Wildman–Crippen MR) is 0 cm³/mol. The zero-order valence-electron chi connectivity index (χ0n) is 2.60. The average molecular weight is 213 g/mol. The summed E-state index contributed by atoms with van der Waals surface area (Å²) in [6, 6.07) is 0. The zero-order chi connectivity index (χ0) is 3.58. The van der Waals surface area contributed by atoms with Crippen LogP contribution in [-0.4, -0.2) is 0 Å². The second kappa shape index (κ2) is 6.17. The van der Waals surface area contributed by atoms with Crippen LogP contribution in [0, 0.1) is 14.8 Å². The Morgan fingerprint density at radius 1 is 1.00 bits per heavy atom. The van der Waals surface area contributed by atoms with E-state index in [9.17, 15) is 0 Å². The molecule has 0 N–H and O–H groups in total. The molecule has 0 atom stereocenters. The van der Waals surface area contributed by atoms with Gasteiger partial charge in [-0.3, -0.25) is 0 Å². The summed E-state index contributed by atoms with van der Waals surface area (Å²) in [5.41, 5.74) is 0. The summed E-state index contributed by atoms with van der Waals surface area (Å²) in [7, 11) is 0. The molecule has 0 radical (unpaired) electrons. The summed E-state index contributed by atoms with van der Waals surface area (Å²) in [5, 5.41) is 0. The molecule has 0 spiro atoms. The number of halogens is 1. The Labute approximate surface area is 83.6 Å². The van der Waals surface area contributed by atoms with Gasteiger partial charge in [0.2, 0.25) is 14.8 Å². The second-order valence-corrected chi connectivity index (χ2v) is 0.982. The van der Waals surface area contributed by atoms with Crippen LogP contribution in [0.2, 0.25) is 0 Å². The molecule has 0 aromatic rings. The van der Waals surface area contributed by atoms with Crippen LogP contribution in [0.3, 0.4) is 0 Å². The standard InChI is InChI=1S/BrO3.Rb/c2-1(3)4;/q-1;+1. The van der Waals surface area contributed by atoms with Crippen LogP contribution >= 0.6 is 0 Å². The fourth-order valence-electron chi connectivity index (χ4n) is 0. The third-order valence-electron chi connectivity index (χ3n) is 0. The van der Waals surface area contributed by atoms with Gasteiger partial charge >= 0.3 is 58.2 Å². The van der Waals surface area contributed by atoms with Gasteiger partial charge in [-0.25, -0.2) is 0 Å². The molecule has 3 nitrogen and oxygen atoms in total. The molecule has 0 saturated carbocycles. The number of hydrogen-bond acceptors (Lipinski definition) is 3. The van der Waals surface area contributed by atoms with Gasteiger partial charge in [-0.1, -0.05) is 0 Å². The zero-order valence-corrected chi connectivity index (χ0v) is 9.10. The molecular weight excluding hydrogens is 213 g/mol. The molecule has 0 rings (SSSR count). The maximum atomic E-state index is 8.52. The van der Waals surface area contributed by atoms with Crippen molar-refractivity contribution in [2.75, 3.05) is 0 Å². The molecule has 5 heteroatoms. The van der Waals surface area contributed by atoms with Gasteiger partial charge in [0.25, 0.3) is 0 Å². The van der Waals surface area contributed by atoms with Crippen LogP contribution < -0.4 is 70.8 Å². The number of rotatable bonds is 0. The van der Waals surface area contributed by atoms with Crippen molar-refractivity contribution in [3.05, 3.63) is 0 Å². The first kappa shape index (κ1) is 10.2. The van der Waals surface area contributed by atoms with Gasteiger partial charge in [-0.15, -0.1) is 0 Å². The summed E-state index contributed by atoms with van der Waals surface area (Å²) < 4.78 is 25.6. The van der Waals surface area contributed by atoms with Crippen LogP contribution in [-0.2, 0) is 0 Å². The molecule has 0 aliphatic carbocycles. The molecule has 0 amide bonds. The van der Waals surface area contributed by atoms with E-state index in [1.165, 1.54) is 0 Å². The summed E-state index contributed by atoms with van der Waals surface area (Å²) >= 11 is -3.65. The minimum atomic E-state index is -3.65. The fourth-order valence-corrected chi connectivity index (χ4v) is 0. The Bertz CT molecular complexity index is 11.6. The SMILES string of the molecule is [O-][Br+2]([O-])[O-].[Rb+]. The van der Waals surface area contributed by atoms with Gasteiger partial charge < -0.3 is 12.6 Å². The summed E-state index contributed by atoms with van der Waals surface area (Å²) in [5.74, 6) is 0. The van der Waals surface area contributed by atoms with Crippen LogP contribution in [0.15, 0.2) is 0 Å². The molecule has 0 heterocycles. The van der Waals surface area contributed by atoms with Gasteiger partial charge in [0.1, 0.15) is 0 Å². The van der Waals surface area contributed by atoms with E-state index >= 15 is 0 Å². The van der Waals surface area contributed by atoms with Crippen molar-refractivity contribution in [1.29, 1.82) is 0 Å².